The van der Waals surface area contributed by atoms with Crippen LogP contribution in [0.25, 0.3) is 0 Å². The van der Waals surface area contributed by atoms with Crippen LogP contribution in [0.3, 0.4) is 0 Å². The highest BCUT2D eigenvalue weighted by Crippen LogP contribution is 2.32. The lowest BCUT2D eigenvalue weighted by atomic mass is 10.0. The van der Waals surface area contributed by atoms with E-state index in [4.69, 9.17) is 4.74 Å². The molecule has 1 atom stereocenters. The number of carbonyl (C=O) groups is 1. The van der Waals surface area contributed by atoms with E-state index in [1.807, 2.05) is 36.1 Å². The summed E-state index contributed by atoms with van der Waals surface area (Å²) in [5, 5.41) is 4.45. The molecule has 0 bridgehead atoms. The molecule has 1 N–H and O–H groups in total. The number of benzene rings is 1. The molecule has 1 fully saturated rings. The van der Waals surface area contributed by atoms with Crippen LogP contribution < -0.4 is 10.1 Å². The Hall–Kier alpha value is -1.34. The first kappa shape index (κ1) is 24.7. The number of rotatable bonds is 5. The van der Waals surface area contributed by atoms with Crippen molar-refractivity contribution in [2.24, 2.45) is 5.92 Å². The fraction of sp³-hybridized carbons (Fsp3) is 0.500. The molecule has 0 aliphatic carbocycles. The number of piperazine rings is 1. The summed E-state index contributed by atoms with van der Waals surface area (Å²) in [5.41, 5.74) is 1.88. The first-order chi connectivity index (χ1) is 12.5. The van der Waals surface area contributed by atoms with E-state index in [0.29, 0.717) is 12.5 Å². The van der Waals surface area contributed by atoms with Crippen LogP contribution in [0.2, 0.25) is 0 Å². The second-order valence-corrected chi connectivity index (χ2v) is 8.16. The molecule has 1 aromatic carbocycles. The molecular formula is C20H29Cl2N3O2S. The number of hydrogen-bond donors (Lipinski definition) is 1. The topological polar surface area (TPSA) is 54.5 Å². The highest BCUT2D eigenvalue weighted by molar-refractivity contribution is 7.13. The molecule has 1 saturated heterocycles. The van der Waals surface area contributed by atoms with Crippen molar-refractivity contribution in [3.8, 4) is 5.75 Å². The molecule has 2 aromatic rings. The standard InChI is InChI=1S/C20H27N3O2S.2ClH/c1-13(2)11-18-22-14(3)19(26-18)20(24)23-10-9-21-12-16(23)15-7-5-6-8-17(15)25-4;;/h5-8,13,16,21H,9-12H2,1-4H3;2*1H. The Morgan fingerprint density at radius 3 is 2.75 bits per heavy atom. The van der Waals surface area contributed by atoms with Gasteiger partial charge < -0.3 is 15.0 Å². The lowest BCUT2D eigenvalue weighted by molar-refractivity contribution is 0.0635. The monoisotopic (exact) mass is 445 g/mol. The van der Waals surface area contributed by atoms with Gasteiger partial charge in [0.1, 0.15) is 10.6 Å². The van der Waals surface area contributed by atoms with Crippen LogP contribution in [0, 0.1) is 12.8 Å². The van der Waals surface area contributed by atoms with Crippen LogP contribution in [0.15, 0.2) is 24.3 Å². The molecule has 5 nitrogen and oxygen atoms in total. The number of para-hydroxylation sites is 1. The number of ether oxygens (including phenoxy) is 1. The van der Waals surface area contributed by atoms with Gasteiger partial charge in [0.15, 0.2) is 0 Å². The third-order valence-corrected chi connectivity index (χ3v) is 5.79. The van der Waals surface area contributed by atoms with Crippen LogP contribution in [0.4, 0.5) is 0 Å². The molecule has 0 spiro atoms. The molecule has 3 rings (SSSR count). The zero-order chi connectivity index (χ0) is 18.7. The fourth-order valence-electron chi connectivity index (χ4n) is 3.38. The number of thiazole rings is 1. The molecule has 0 radical (unpaired) electrons. The van der Waals surface area contributed by atoms with Crippen molar-refractivity contribution in [3.63, 3.8) is 0 Å². The van der Waals surface area contributed by atoms with Gasteiger partial charge in [-0.15, -0.1) is 36.2 Å². The van der Waals surface area contributed by atoms with Crippen molar-refractivity contribution in [3.05, 3.63) is 45.4 Å². The van der Waals surface area contributed by atoms with Crippen LogP contribution in [-0.2, 0) is 6.42 Å². The molecule has 0 saturated carbocycles. The van der Waals surface area contributed by atoms with Gasteiger partial charge in [0.2, 0.25) is 0 Å². The minimum Gasteiger partial charge on any atom is -0.496 e. The zero-order valence-corrected chi connectivity index (χ0v) is 19.2. The van der Waals surface area contributed by atoms with Crippen molar-refractivity contribution in [2.75, 3.05) is 26.7 Å². The van der Waals surface area contributed by atoms with Crippen molar-refractivity contribution in [2.45, 2.75) is 33.2 Å². The van der Waals surface area contributed by atoms with Crippen LogP contribution in [0.1, 0.15) is 45.8 Å². The fourth-order valence-corrected chi connectivity index (χ4v) is 4.62. The Balaban J connectivity index is 0.00000196. The number of methoxy groups -OCH3 is 1. The number of carbonyl (C=O) groups excluding carboxylic acids is 1. The van der Waals surface area contributed by atoms with Gasteiger partial charge in [-0.1, -0.05) is 32.0 Å². The molecule has 1 aromatic heterocycles. The maximum Gasteiger partial charge on any atom is 0.266 e. The number of halogens is 2. The van der Waals surface area contributed by atoms with E-state index in [1.54, 1.807) is 18.4 Å². The van der Waals surface area contributed by atoms with Crippen LogP contribution >= 0.6 is 36.2 Å². The average molecular weight is 446 g/mol. The summed E-state index contributed by atoms with van der Waals surface area (Å²) in [5.74, 6) is 1.43. The average Bonchev–Trinajstić information content (AvgIpc) is 3.00. The van der Waals surface area contributed by atoms with E-state index < -0.39 is 0 Å². The summed E-state index contributed by atoms with van der Waals surface area (Å²) in [6.45, 7) is 8.49. The Labute approximate surface area is 183 Å². The Morgan fingerprint density at radius 1 is 1.36 bits per heavy atom. The summed E-state index contributed by atoms with van der Waals surface area (Å²) in [6, 6.07) is 7.90. The van der Waals surface area contributed by atoms with E-state index in [0.717, 1.165) is 46.4 Å². The number of hydrogen-bond acceptors (Lipinski definition) is 5. The second kappa shape index (κ2) is 11.0. The highest BCUT2D eigenvalue weighted by Gasteiger charge is 2.32. The van der Waals surface area contributed by atoms with E-state index in [2.05, 4.69) is 24.1 Å². The van der Waals surface area contributed by atoms with E-state index in [-0.39, 0.29) is 36.8 Å². The number of amides is 1. The molecule has 156 valence electrons. The molecule has 1 unspecified atom stereocenters. The van der Waals surface area contributed by atoms with E-state index in [9.17, 15) is 4.79 Å². The summed E-state index contributed by atoms with van der Waals surface area (Å²) < 4.78 is 5.53. The SMILES string of the molecule is COc1ccccc1C1CNCCN1C(=O)c1sc(CC(C)C)nc1C.Cl.Cl. The number of nitrogens with zero attached hydrogens (tertiary/aromatic N) is 2. The minimum atomic E-state index is -0.0394. The molecular weight excluding hydrogens is 417 g/mol. The number of aryl methyl sites for hydroxylation is 1. The zero-order valence-electron chi connectivity index (χ0n) is 16.7. The summed E-state index contributed by atoms with van der Waals surface area (Å²) in [4.78, 5) is 20.7. The summed E-state index contributed by atoms with van der Waals surface area (Å²) in [6.07, 6.45) is 0.913. The third kappa shape index (κ3) is 5.38. The maximum absolute atomic E-state index is 13.3. The van der Waals surface area contributed by atoms with Gasteiger partial charge in [-0.2, -0.15) is 0 Å². The lowest BCUT2D eigenvalue weighted by Crippen LogP contribution is -2.48. The quantitative estimate of drug-likeness (QED) is 0.745. The summed E-state index contributed by atoms with van der Waals surface area (Å²) >= 11 is 1.54. The number of aromatic nitrogens is 1. The van der Waals surface area contributed by atoms with Crippen LogP contribution in [0.5, 0.6) is 5.75 Å². The number of nitrogens with one attached hydrogen (secondary N) is 1. The van der Waals surface area contributed by atoms with E-state index in [1.165, 1.54) is 0 Å². The second-order valence-electron chi connectivity index (χ2n) is 7.08. The first-order valence-corrected chi connectivity index (χ1v) is 9.93. The van der Waals surface area contributed by atoms with Crippen molar-refractivity contribution >= 4 is 42.1 Å². The molecule has 8 heteroatoms. The van der Waals surface area contributed by atoms with Gasteiger partial charge in [-0.05, 0) is 18.9 Å². The van der Waals surface area contributed by atoms with Gasteiger partial charge in [-0.25, -0.2) is 4.98 Å². The van der Waals surface area contributed by atoms with Gasteiger partial charge in [-0.3, -0.25) is 4.79 Å². The van der Waals surface area contributed by atoms with E-state index >= 15 is 0 Å². The molecule has 1 aliphatic rings. The van der Waals surface area contributed by atoms with Crippen LogP contribution in [-0.4, -0.2) is 42.5 Å². The Morgan fingerprint density at radius 2 is 2.07 bits per heavy atom. The largest absolute Gasteiger partial charge is 0.496 e. The highest BCUT2D eigenvalue weighted by atomic mass is 35.5. The third-order valence-electron chi connectivity index (χ3n) is 4.62. The van der Waals surface area contributed by atoms with Crippen molar-refractivity contribution in [1.29, 1.82) is 0 Å². The minimum absolute atomic E-state index is 0. The summed E-state index contributed by atoms with van der Waals surface area (Å²) in [7, 11) is 1.67. The Bertz CT molecular complexity index is 783. The Kier molecular flexibility index (Phi) is 9.70. The van der Waals surface area contributed by atoms with Gasteiger partial charge >= 0.3 is 0 Å². The molecule has 2 heterocycles. The lowest BCUT2D eigenvalue weighted by Gasteiger charge is -2.37. The van der Waals surface area contributed by atoms with Gasteiger partial charge in [0.25, 0.3) is 5.91 Å². The molecule has 1 amide bonds. The van der Waals surface area contributed by atoms with Crippen molar-refractivity contribution < 1.29 is 9.53 Å². The first-order valence-electron chi connectivity index (χ1n) is 9.12. The normalized spacial score (nSPS) is 16.3. The van der Waals surface area contributed by atoms with Gasteiger partial charge in [0.05, 0.1) is 23.9 Å². The predicted octanol–water partition coefficient (Wildman–Crippen LogP) is 4.29. The predicted molar refractivity (Wildman–Crippen MR) is 120 cm³/mol. The van der Waals surface area contributed by atoms with Crippen molar-refractivity contribution in [1.82, 2.24) is 15.2 Å². The van der Waals surface area contributed by atoms with Gasteiger partial charge in [0, 0.05) is 31.6 Å². The molecule has 1 aliphatic heterocycles. The molecule has 28 heavy (non-hydrogen) atoms. The smallest absolute Gasteiger partial charge is 0.266 e. The maximum atomic E-state index is 13.3.